The Hall–Kier alpha value is -5.56. The van der Waals surface area contributed by atoms with Gasteiger partial charge in [-0.1, -0.05) is 158 Å². The topological polar surface area (TPSA) is 80.2 Å². The van der Waals surface area contributed by atoms with Crippen LogP contribution in [0.2, 0.25) is 0 Å². The zero-order valence-corrected chi connectivity index (χ0v) is 40.0. The summed E-state index contributed by atoms with van der Waals surface area (Å²) < 4.78 is 4.18. The van der Waals surface area contributed by atoms with E-state index in [1.165, 1.54) is 59.3 Å². The van der Waals surface area contributed by atoms with Crippen LogP contribution >= 0.6 is 24.4 Å². The predicted octanol–water partition coefficient (Wildman–Crippen LogP) is 9.13. The molecule has 0 aliphatic carbocycles. The minimum atomic E-state index is -0.293. The van der Waals surface area contributed by atoms with Gasteiger partial charge in [0.1, 0.15) is 6.17 Å². The van der Waals surface area contributed by atoms with Gasteiger partial charge in [-0.05, 0) is 71.4 Å². The average Bonchev–Trinajstić information content (AvgIpc) is 3.89. The Balaban J connectivity index is 0.000000127. The van der Waals surface area contributed by atoms with E-state index in [2.05, 4.69) is 217 Å². The van der Waals surface area contributed by atoms with Gasteiger partial charge >= 0.3 is 5.97 Å². The first-order valence-corrected chi connectivity index (χ1v) is 25.9. The number of nitrogens with one attached hydrogen (secondary N) is 2. The SMILES string of the molecule is COC(=O)CS.O=C1CS[C@H](c2ccccc2)[C@@H]2[C@H]3N(Cc4ccccc4)CC[C@]34c3ccccc3N[C@@H]4N12.c1ccc(CN2CC[C@@]34c5ccccc5N[C@@H]3N3[C@H]([C@@H]3c3ccccc3)[C@@H]24)cc1. The van der Waals surface area contributed by atoms with Gasteiger partial charge < -0.3 is 20.3 Å². The Labute approximate surface area is 409 Å². The predicted molar refractivity (Wildman–Crippen MR) is 275 cm³/mol. The molecule has 11 atom stereocenters. The lowest BCUT2D eigenvalue weighted by Crippen LogP contribution is -2.54. The number of likely N-dealkylation sites (tertiary alicyclic amines) is 2. The Bertz CT molecular complexity index is 2780. The number of para-hydroxylation sites is 2. The van der Waals surface area contributed by atoms with E-state index in [0.29, 0.717) is 30.0 Å². The van der Waals surface area contributed by atoms with E-state index in [4.69, 9.17) is 0 Å². The molecule has 6 aromatic carbocycles. The number of carbonyl (C=O) groups excluding carboxylic acids is 2. The number of nitrogens with zero attached hydrogens (tertiary/aromatic N) is 4. The van der Waals surface area contributed by atoms with E-state index in [1.54, 1.807) is 5.56 Å². The van der Waals surface area contributed by atoms with Gasteiger partial charge in [-0.2, -0.15) is 12.6 Å². The maximum Gasteiger partial charge on any atom is 0.315 e. The fourth-order valence-electron chi connectivity index (χ4n) is 13.9. The van der Waals surface area contributed by atoms with Crippen molar-refractivity contribution in [2.45, 2.75) is 84.6 Å². The Morgan fingerprint density at radius 1 is 0.632 bits per heavy atom. The fourth-order valence-corrected chi connectivity index (χ4v) is 15.3. The van der Waals surface area contributed by atoms with Crippen molar-refractivity contribution in [1.82, 2.24) is 19.6 Å². The van der Waals surface area contributed by atoms with Gasteiger partial charge in [0.15, 0.2) is 0 Å². The number of anilines is 2. The highest BCUT2D eigenvalue weighted by Crippen LogP contribution is 2.68. The second-order valence-corrected chi connectivity index (χ2v) is 21.0. The van der Waals surface area contributed by atoms with E-state index >= 15 is 0 Å². The summed E-state index contributed by atoms with van der Waals surface area (Å²) in [7, 11) is 1.33. The summed E-state index contributed by atoms with van der Waals surface area (Å²) in [5.74, 6) is 0.692. The van der Waals surface area contributed by atoms with Crippen LogP contribution in [0, 0.1) is 0 Å². The summed E-state index contributed by atoms with van der Waals surface area (Å²) in [5, 5.41) is 8.03. The summed E-state index contributed by atoms with van der Waals surface area (Å²) >= 11 is 5.45. The molecular weight excluding hydrogens is 881 g/mol. The second kappa shape index (κ2) is 17.8. The molecule has 1 amide bonds. The number of carbonyl (C=O) groups is 2. The molecule has 6 aromatic rings. The fraction of sp³-hybridized carbons (Fsp3) is 0.333. The third-order valence-corrected chi connectivity index (χ3v) is 18.0. The van der Waals surface area contributed by atoms with Crippen molar-refractivity contribution in [1.29, 1.82) is 0 Å². The normalized spacial score (nSPS) is 31.6. The van der Waals surface area contributed by atoms with Gasteiger partial charge in [-0.25, -0.2) is 0 Å². The van der Waals surface area contributed by atoms with Crippen molar-refractivity contribution in [2.24, 2.45) is 0 Å². The summed E-state index contributed by atoms with van der Waals surface area (Å²) in [6.07, 6.45) is 2.77. The first-order chi connectivity index (χ1) is 33.5. The van der Waals surface area contributed by atoms with Crippen LogP contribution in [0.4, 0.5) is 11.4 Å². The molecule has 0 aromatic heterocycles. The van der Waals surface area contributed by atoms with E-state index in [1.807, 2.05) is 11.8 Å². The van der Waals surface area contributed by atoms with Crippen LogP contribution in [-0.4, -0.2) is 99.7 Å². The third-order valence-electron chi connectivity index (χ3n) is 16.4. The van der Waals surface area contributed by atoms with E-state index in [-0.39, 0.29) is 52.0 Å². The molecule has 68 heavy (non-hydrogen) atoms. The molecule has 9 nitrogen and oxygen atoms in total. The molecule has 2 N–H and O–H groups in total. The first-order valence-electron chi connectivity index (χ1n) is 24.2. The molecule has 11 heteroatoms. The number of hydrogen-bond donors (Lipinski definition) is 3. The number of piperidine rings is 1. The van der Waals surface area contributed by atoms with Gasteiger partial charge in [0.2, 0.25) is 5.91 Å². The Kier molecular flexibility index (Phi) is 11.4. The molecule has 8 aliphatic rings. The standard InChI is InChI=1S/C28H27N3OS.C26H25N3.C3H6O2S/c32-23-18-33-25(20-11-5-2-6-12-20)24-26-28(15-16-30(26)17-19-9-3-1-4-10-19)21-13-7-8-14-22(21)29-27(28)31(23)24;1-3-9-18(10-4-1)17-28-16-15-26-20-13-7-8-14-21(20)27-25(26)29-22(23(29)24(26)28)19-11-5-2-6-12-19;1-5-3(4)2-6/h1-14,24-27,29H,15-18H2;1-14,22-25,27H,15-17H2;6H,2H2,1H3/t24-,25-,26-,27-,28+;22-,23+,24+,25+,26-,29?;/m10./s1. The lowest BCUT2D eigenvalue weighted by atomic mass is 9.73. The quantitative estimate of drug-likeness (QED) is 0.0826. The number of methoxy groups -OCH3 is 1. The number of thioether (sulfide) groups is 1. The molecule has 0 saturated carbocycles. The van der Waals surface area contributed by atoms with Gasteiger partial charge in [0.05, 0.1) is 47.5 Å². The van der Waals surface area contributed by atoms with Crippen molar-refractivity contribution >= 4 is 47.6 Å². The van der Waals surface area contributed by atoms with Crippen LogP contribution in [0.3, 0.4) is 0 Å². The lowest BCUT2D eigenvalue weighted by molar-refractivity contribution is -0.137. The van der Waals surface area contributed by atoms with E-state index < -0.39 is 0 Å². The van der Waals surface area contributed by atoms with Crippen LogP contribution < -0.4 is 10.6 Å². The summed E-state index contributed by atoms with van der Waals surface area (Å²) in [4.78, 5) is 33.8. The monoisotopic (exact) mass is 938 g/mol. The molecule has 14 rings (SSSR count). The summed E-state index contributed by atoms with van der Waals surface area (Å²) in [6.45, 7) is 4.20. The van der Waals surface area contributed by atoms with Gasteiger partial charge in [-0.15, -0.1) is 11.8 Å². The highest BCUT2D eigenvalue weighted by molar-refractivity contribution is 8.00. The van der Waals surface area contributed by atoms with Crippen LogP contribution in [0.15, 0.2) is 170 Å². The van der Waals surface area contributed by atoms with Crippen molar-refractivity contribution < 1.29 is 14.3 Å². The lowest BCUT2D eigenvalue weighted by Gasteiger charge is -2.43. The highest BCUT2D eigenvalue weighted by Gasteiger charge is 2.77. The third kappa shape index (κ3) is 6.94. The first kappa shape index (κ1) is 43.7. The molecule has 346 valence electrons. The molecule has 8 heterocycles. The molecular formula is C57H58N6O3S2. The maximum atomic E-state index is 13.5. The number of thiol groups is 1. The van der Waals surface area contributed by atoms with Crippen molar-refractivity contribution in [3.63, 3.8) is 0 Å². The van der Waals surface area contributed by atoms with Gasteiger partial charge in [-0.3, -0.25) is 24.3 Å². The Morgan fingerprint density at radius 2 is 1.10 bits per heavy atom. The van der Waals surface area contributed by atoms with Gasteiger partial charge in [0, 0.05) is 48.0 Å². The molecule has 0 bridgehead atoms. The largest absolute Gasteiger partial charge is 0.468 e. The van der Waals surface area contributed by atoms with Crippen LogP contribution in [0.25, 0.3) is 0 Å². The zero-order chi connectivity index (χ0) is 46.0. The number of rotatable bonds is 7. The molecule has 1 unspecified atom stereocenters. The van der Waals surface area contributed by atoms with Crippen LogP contribution in [-0.2, 0) is 38.2 Å². The average molecular weight is 939 g/mol. The number of benzene rings is 6. The van der Waals surface area contributed by atoms with Crippen LogP contribution in [0.1, 0.15) is 57.5 Å². The van der Waals surface area contributed by atoms with Crippen molar-refractivity contribution in [3.8, 4) is 0 Å². The van der Waals surface area contributed by atoms with Crippen molar-refractivity contribution in [3.05, 3.63) is 203 Å². The minimum absolute atomic E-state index is 0.0327. The minimum Gasteiger partial charge on any atom is -0.468 e. The smallest absolute Gasteiger partial charge is 0.315 e. The Morgan fingerprint density at radius 3 is 1.63 bits per heavy atom. The van der Waals surface area contributed by atoms with E-state index in [0.717, 1.165) is 26.1 Å². The number of fused-ring (bicyclic) bond motifs is 8. The number of amides is 1. The maximum absolute atomic E-state index is 13.5. The molecule has 2 spiro atoms. The van der Waals surface area contributed by atoms with Crippen LogP contribution in [0.5, 0.6) is 0 Å². The van der Waals surface area contributed by atoms with E-state index in [9.17, 15) is 9.59 Å². The highest BCUT2D eigenvalue weighted by atomic mass is 32.2. The summed E-state index contributed by atoms with van der Waals surface area (Å²) in [6, 6.07) is 63.7. The second-order valence-electron chi connectivity index (χ2n) is 19.5. The number of esters is 1. The number of hydrogen-bond acceptors (Lipinski definition) is 10. The summed E-state index contributed by atoms with van der Waals surface area (Å²) in [5.41, 5.74) is 11.2. The zero-order valence-electron chi connectivity index (χ0n) is 38.3. The molecule has 0 radical (unpaired) electrons. The molecule has 6 saturated heterocycles. The molecule has 6 fully saturated rings. The number of ether oxygens (including phenoxy) is 1. The van der Waals surface area contributed by atoms with Crippen molar-refractivity contribution in [2.75, 3.05) is 42.3 Å². The molecule has 8 aliphatic heterocycles. The van der Waals surface area contributed by atoms with Gasteiger partial charge in [0.25, 0.3) is 0 Å².